The molecule has 2 heterocycles. The number of halogens is 2. The summed E-state index contributed by atoms with van der Waals surface area (Å²) >= 11 is 11.4. The van der Waals surface area contributed by atoms with Crippen molar-refractivity contribution in [1.82, 2.24) is 0 Å². The van der Waals surface area contributed by atoms with E-state index in [0.717, 1.165) is 0 Å². The number of hydrogen-bond acceptors (Lipinski definition) is 2. The molecule has 3 aromatic rings. The maximum Gasteiger partial charge on any atom is 0.0707 e. The van der Waals surface area contributed by atoms with E-state index < -0.39 is 0 Å². The first-order valence-corrected chi connectivity index (χ1v) is 20.5. The van der Waals surface area contributed by atoms with E-state index in [1.165, 1.54) is 181 Å². The molecule has 0 atom stereocenters. The first-order chi connectivity index (χ1) is 20.6. The largest absolute Gasteiger partial charge is 0.128 e. The van der Waals surface area contributed by atoms with Crippen LogP contribution in [-0.4, -0.2) is 0 Å². The molecule has 42 heavy (non-hydrogen) atoms. The Morgan fingerprint density at radius 2 is 0.714 bits per heavy atom. The van der Waals surface area contributed by atoms with Crippen molar-refractivity contribution in [2.24, 2.45) is 0 Å². The Morgan fingerprint density at radius 3 is 1.02 bits per heavy atom. The van der Waals surface area contributed by atoms with Crippen LogP contribution in [0.25, 0.3) is 20.9 Å². The molecule has 3 rings (SSSR count). The predicted molar refractivity (Wildman–Crippen MR) is 200 cm³/mol. The van der Waals surface area contributed by atoms with Gasteiger partial charge in [0.25, 0.3) is 0 Å². The molecule has 0 amide bonds. The van der Waals surface area contributed by atoms with Gasteiger partial charge in [-0.25, -0.2) is 0 Å². The topological polar surface area (TPSA) is 0 Å². The summed E-state index contributed by atoms with van der Waals surface area (Å²) in [6, 6.07) is 14.1. The molecular formula is C38H56Br2S2. The lowest BCUT2D eigenvalue weighted by molar-refractivity contribution is 0.556. The summed E-state index contributed by atoms with van der Waals surface area (Å²) in [5, 5.41) is 0. The van der Waals surface area contributed by atoms with Gasteiger partial charge in [0.05, 0.1) is 7.57 Å². The monoisotopic (exact) mass is 734 g/mol. The Hall–Kier alpha value is -0.420. The second-order valence-electron chi connectivity index (χ2n) is 12.3. The molecular weight excluding hydrogens is 680 g/mol. The van der Waals surface area contributed by atoms with Gasteiger partial charge in [0, 0.05) is 9.75 Å². The fourth-order valence-corrected chi connectivity index (χ4v) is 9.44. The molecule has 0 spiro atoms. The molecule has 0 aliphatic rings. The molecule has 4 heteroatoms. The molecule has 1 aromatic carbocycles. The van der Waals surface area contributed by atoms with Gasteiger partial charge in [-0.05, 0) is 91.9 Å². The van der Waals surface area contributed by atoms with E-state index in [0.29, 0.717) is 0 Å². The summed E-state index contributed by atoms with van der Waals surface area (Å²) in [6.07, 6.45) is 30.2. The molecule has 0 aliphatic heterocycles. The Kier molecular flexibility index (Phi) is 19.0. The lowest BCUT2D eigenvalue weighted by atomic mass is 10.00. The van der Waals surface area contributed by atoms with E-state index in [1.54, 1.807) is 0 Å². The number of rotatable bonds is 24. The summed E-state index contributed by atoms with van der Waals surface area (Å²) in [5.74, 6) is 0. The van der Waals surface area contributed by atoms with Crippen LogP contribution < -0.4 is 0 Å². The minimum Gasteiger partial charge on any atom is -0.128 e. The molecule has 0 saturated heterocycles. The molecule has 0 fully saturated rings. The highest BCUT2D eigenvalue weighted by Gasteiger charge is 2.13. The number of thiophene rings is 2. The Morgan fingerprint density at radius 1 is 0.429 bits per heavy atom. The lowest BCUT2D eigenvalue weighted by Gasteiger charge is -2.08. The van der Waals surface area contributed by atoms with Crippen LogP contribution in [0.1, 0.15) is 153 Å². The minimum absolute atomic E-state index is 1.19. The Balaban J connectivity index is 1.44. The van der Waals surface area contributed by atoms with Crippen molar-refractivity contribution < 1.29 is 0 Å². The molecule has 0 nitrogen and oxygen atoms in total. The second kappa shape index (κ2) is 22.1. The zero-order chi connectivity index (χ0) is 29.8. The van der Waals surface area contributed by atoms with Crippen LogP contribution in [0.4, 0.5) is 0 Å². The quantitative estimate of drug-likeness (QED) is 0.0804. The molecule has 0 aliphatic carbocycles. The third-order valence-electron chi connectivity index (χ3n) is 8.57. The second-order valence-corrected chi connectivity index (χ2v) is 17.1. The van der Waals surface area contributed by atoms with Gasteiger partial charge in [0.1, 0.15) is 0 Å². The van der Waals surface area contributed by atoms with Gasteiger partial charge >= 0.3 is 0 Å². The van der Waals surface area contributed by atoms with E-state index in [1.807, 2.05) is 22.7 Å². The molecule has 0 unspecified atom stereocenters. The van der Waals surface area contributed by atoms with Crippen LogP contribution in [0.15, 0.2) is 44.0 Å². The standard InChI is InChI=1S/C38H56Br2S2/c1-3-5-7-9-11-13-15-17-19-21-23-33-29-35(39)41-37(33)31-25-27-32(28-26-31)38-34(30-36(40)42-38)24-22-20-18-16-14-12-10-8-6-4-2/h25-30H,3-24H2,1-2H3. The van der Waals surface area contributed by atoms with Crippen molar-refractivity contribution in [1.29, 1.82) is 0 Å². The highest BCUT2D eigenvalue weighted by Crippen LogP contribution is 2.40. The van der Waals surface area contributed by atoms with Crippen LogP contribution in [-0.2, 0) is 12.8 Å². The van der Waals surface area contributed by atoms with Crippen LogP contribution >= 0.6 is 54.5 Å². The van der Waals surface area contributed by atoms with Crippen LogP contribution in [0, 0.1) is 0 Å². The van der Waals surface area contributed by atoms with Crippen molar-refractivity contribution >= 4 is 54.5 Å². The Labute approximate surface area is 283 Å². The zero-order valence-corrected chi connectivity index (χ0v) is 31.4. The molecule has 0 bridgehead atoms. The van der Waals surface area contributed by atoms with Gasteiger partial charge in [-0.2, -0.15) is 0 Å². The minimum atomic E-state index is 1.19. The summed E-state index contributed by atoms with van der Waals surface area (Å²) in [6.45, 7) is 4.60. The van der Waals surface area contributed by atoms with Gasteiger partial charge in [-0.1, -0.05) is 154 Å². The number of unbranched alkanes of at least 4 members (excludes halogenated alkanes) is 18. The van der Waals surface area contributed by atoms with Gasteiger partial charge in [0.15, 0.2) is 0 Å². The van der Waals surface area contributed by atoms with Crippen molar-refractivity contribution in [3.05, 3.63) is 55.1 Å². The smallest absolute Gasteiger partial charge is 0.0707 e. The third-order valence-corrected chi connectivity index (χ3v) is 12.0. The van der Waals surface area contributed by atoms with Gasteiger partial charge in [0.2, 0.25) is 0 Å². The van der Waals surface area contributed by atoms with Crippen LogP contribution in [0.3, 0.4) is 0 Å². The number of hydrogen-bond donors (Lipinski definition) is 0. The van der Waals surface area contributed by atoms with Crippen molar-refractivity contribution in [2.45, 2.75) is 155 Å². The molecule has 0 saturated carbocycles. The van der Waals surface area contributed by atoms with Gasteiger partial charge in [-0.15, -0.1) is 22.7 Å². The van der Waals surface area contributed by atoms with Crippen molar-refractivity contribution in [3.8, 4) is 20.9 Å². The number of benzene rings is 1. The highest BCUT2D eigenvalue weighted by molar-refractivity contribution is 9.11. The fraction of sp³-hybridized carbons (Fsp3) is 0.632. The lowest BCUT2D eigenvalue weighted by Crippen LogP contribution is -1.89. The molecule has 0 radical (unpaired) electrons. The van der Waals surface area contributed by atoms with Crippen LogP contribution in [0.2, 0.25) is 0 Å². The molecule has 234 valence electrons. The van der Waals surface area contributed by atoms with E-state index in [9.17, 15) is 0 Å². The van der Waals surface area contributed by atoms with Gasteiger partial charge in [-0.3, -0.25) is 0 Å². The first kappa shape index (κ1) is 36.1. The number of aryl methyl sites for hydroxylation is 2. The average molecular weight is 737 g/mol. The van der Waals surface area contributed by atoms with E-state index in [-0.39, 0.29) is 0 Å². The zero-order valence-electron chi connectivity index (χ0n) is 26.6. The first-order valence-electron chi connectivity index (χ1n) is 17.3. The summed E-state index contributed by atoms with van der Waals surface area (Å²) < 4.78 is 2.51. The van der Waals surface area contributed by atoms with E-state index in [4.69, 9.17) is 0 Å². The fourth-order valence-electron chi connectivity index (χ4n) is 6.03. The average Bonchev–Trinajstić information content (AvgIpc) is 3.56. The summed E-state index contributed by atoms with van der Waals surface area (Å²) in [4.78, 5) is 2.89. The maximum atomic E-state index is 3.78. The SMILES string of the molecule is CCCCCCCCCCCCc1cc(Br)sc1-c1ccc(-c2sc(Br)cc2CCCCCCCCCCCC)cc1. The van der Waals surface area contributed by atoms with Crippen molar-refractivity contribution in [3.63, 3.8) is 0 Å². The summed E-state index contributed by atoms with van der Waals surface area (Å²) in [5.41, 5.74) is 5.76. The normalized spacial score (nSPS) is 11.5. The highest BCUT2D eigenvalue weighted by atomic mass is 79.9. The van der Waals surface area contributed by atoms with Gasteiger partial charge < -0.3 is 0 Å². The van der Waals surface area contributed by atoms with E-state index in [2.05, 4.69) is 82.1 Å². The third kappa shape index (κ3) is 13.7. The van der Waals surface area contributed by atoms with Crippen LogP contribution in [0.5, 0.6) is 0 Å². The Bertz CT molecular complexity index is 1010. The molecule has 0 N–H and O–H groups in total. The predicted octanol–water partition coefficient (Wildman–Crippen LogP) is 15.6. The van der Waals surface area contributed by atoms with Crippen molar-refractivity contribution in [2.75, 3.05) is 0 Å². The van der Waals surface area contributed by atoms with E-state index >= 15 is 0 Å². The summed E-state index contributed by atoms with van der Waals surface area (Å²) in [7, 11) is 0. The molecule has 2 aromatic heterocycles. The maximum absolute atomic E-state index is 3.78.